The van der Waals surface area contributed by atoms with Gasteiger partial charge in [-0.1, -0.05) is 72.3 Å². The molecule has 0 radical (unpaired) electrons. The number of phenolic OH excluding ortho intramolecular Hbond substituents is 1. The van der Waals surface area contributed by atoms with Gasteiger partial charge in [-0.3, -0.25) is 24.1 Å². The summed E-state index contributed by atoms with van der Waals surface area (Å²) in [4.78, 5) is 58.8. The largest absolute Gasteiger partial charge is 0.508 e. The lowest BCUT2D eigenvalue weighted by Crippen LogP contribution is -2.59. The molecule has 234 valence electrons. The van der Waals surface area contributed by atoms with Gasteiger partial charge in [0, 0.05) is 41.6 Å². The first-order valence-electron chi connectivity index (χ1n) is 15.7. The van der Waals surface area contributed by atoms with Crippen molar-refractivity contribution in [3.05, 3.63) is 107 Å². The van der Waals surface area contributed by atoms with Crippen LogP contribution in [0.3, 0.4) is 0 Å². The van der Waals surface area contributed by atoms with Gasteiger partial charge in [-0.25, -0.2) is 0 Å². The number of nitrogens with zero attached hydrogens (tertiary/aromatic N) is 1. The van der Waals surface area contributed by atoms with Gasteiger partial charge >= 0.3 is 0 Å². The summed E-state index contributed by atoms with van der Waals surface area (Å²) in [7, 11) is 2.96. The Morgan fingerprint density at radius 1 is 0.870 bits per heavy atom. The maximum atomic E-state index is 15.1. The molecule has 3 aromatic rings. The molecule has 1 N–H and O–H groups in total. The molecular formula is C38H35NO7. The lowest BCUT2D eigenvalue weighted by Gasteiger charge is -2.55. The van der Waals surface area contributed by atoms with Crippen molar-refractivity contribution in [2.24, 2.45) is 23.7 Å². The van der Waals surface area contributed by atoms with Gasteiger partial charge in [0.15, 0.2) is 11.6 Å². The Labute approximate surface area is 267 Å². The Morgan fingerprint density at radius 3 is 2.11 bits per heavy atom. The third-order valence-electron chi connectivity index (χ3n) is 10.6. The Morgan fingerprint density at radius 2 is 1.50 bits per heavy atom. The minimum atomic E-state index is -1.43. The van der Waals surface area contributed by atoms with E-state index in [1.165, 1.54) is 37.3 Å². The molecule has 8 heteroatoms. The van der Waals surface area contributed by atoms with E-state index in [0.29, 0.717) is 40.2 Å². The number of imide groups is 1. The van der Waals surface area contributed by atoms with Gasteiger partial charge < -0.3 is 14.6 Å². The maximum absolute atomic E-state index is 15.1. The van der Waals surface area contributed by atoms with Crippen molar-refractivity contribution in [2.45, 2.75) is 31.1 Å². The lowest BCUT2D eigenvalue weighted by atomic mass is 9.44. The molecular weight excluding hydrogens is 582 g/mol. The summed E-state index contributed by atoms with van der Waals surface area (Å²) in [6, 6.07) is 21.4. The average Bonchev–Trinajstić information content (AvgIpc) is 3.34. The highest BCUT2D eigenvalue weighted by molar-refractivity contribution is 6.31. The predicted molar refractivity (Wildman–Crippen MR) is 170 cm³/mol. The molecule has 0 spiro atoms. The van der Waals surface area contributed by atoms with Gasteiger partial charge in [0.1, 0.15) is 17.2 Å². The summed E-state index contributed by atoms with van der Waals surface area (Å²) in [5, 5.41) is 10.6. The van der Waals surface area contributed by atoms with Gasteiger partial charge in [-0.05, 0) is 42.9 Å². The lowest BCUT2D eigenvalue weighted by molar-refractivity contribution is -0.140. The Balaban J connectivity index is 1.57. The van der Waals surface area contributed by atoms with Crippen molar-refractivity contribution in [3.8, 4) is 17.2 Å². The summed E-state index contributed by atoms with van der Waals surface area (Å²) in [5.74, 6) is -3.74. The van der Waals surface area contributed by atoms with Gasteiger partial charge in [-0.15, -0.1) is 0 Å². The topological polar surface area (TPSA) is 110 Å². The summed E-state index contributed by atoms with van der Waals surface area (Å²) < 4.78 is 11.7. The zero-order valence-corrected chi connectivity index (χ0v) is 25.9. The molecule has 46 heavy (non-hydrogen) atoms. The second-order valence-electron chi connectivity index (χ2n) is 12.5. The molecule has 3 aromatic carbocycles. The second-order valence-corrected chi connectivity index (χ2v) is 12.5. The number of rotatable bonds is 6. The molecule has 4 aliphatic rings. The molecule has 7 rings (SSSR count). The number of ketones is 2. The number of carbonyl (C=O) groups is 4. The number of likely N-dealkylation sites (tertiary alicyclic amines) is 1. The van der Waals surface area contributed by atoms with E-state index in [1.54, 1.807) is 6.92 Å². The Hall–Kier alpha value is -4.98. The van der Waals surface area contributed by atoms with Gasteiger partial charge in [0.2, 0.25) is 11.8 Å². The number of hydrogen-bond donors (Lipinski definition) is 1. The van der Waals surface area contributed by atoms with E-state index < -0.39 is 35.0 Å². The number of methoxy groups -OCH3 is 2. The van der Waals surface area contributed by atoms with E-state index in [9.17, 15) is 19.5 Å². The molecule has 1 saturated heterocycles. The number of carbonyl (C=O) groups excluding carboxylic acids is 4. The van der Waals surface area contributed by atoms with Crippen molar-refractivity contribution in [3.63, 3.8) is 0 Å². The van der Waals surface area contributed by atoms with Gasteiger partial charge in [0.05, 0.1) is 31.5 Å². The number of amides is 2. The predicted octanol–water partition coefficient (Wildman–Crippen LogP) is 5.25. The van der Waals surface area contributed by atoms with Gasteiger partial charge in [0.25, 0.3) is 0 Å². The van der Waals surface area contributed by atoms with E-state index >= 15 is 4.79 Å². The summed E-state index contributed by atoms with van der Waals surface area (Å²) in [6.07, 6.45) is 4.02. The minimum absolute atomic E-state index is 0.0831. The maximum Gasteiger partial charge on any atom is 0.233 e. The van der Waals surface area contributed by atoms with Crippen molar-refractivity contribution in [1.82, 2.24) is 4.90 Å². The minimum Gasteiger partial charge on any atom is -0.508 e. The molecule has 0 unspecified atom stereocenters. The van der Waals surface area contributed by atoms with E-state index in [1.807, 2.05) is 66.7 Å². The van der Waals surface area contributed by atoms with Crippen molar-refractivity contribution in [1.29, 1.82) is 0 Å². The fourth-order valence-corrected chi connectivity index (χ4v) is 8.77. The number of aromatic hydroxyl groups is 1. The number of benzene rings is 3. The van der Waals surface area contributed by atoms with Crippen LogP contribution in [-0.4, -0.2) is 54.2 Å². The molecule has 1 saturated carbocycles. The van der Waals surface area contributed by atoms with Crippen LogP contribution in [0.1, 0.15) is 42.4 Å². The molecule has 0 aromatic heterocycles. The molecule has 2 fully saturated rings. The normalized spacial score (nSPS) is 28.6. The quantitative estimate of drug-likeness (QED) is 0.297. The van der Waals surface area contributed by atoms with Crippen LogP contribution >= 0.6 is 0 Å². The standard InChI is InChI=1S/C38H35NO7/c1-4-39-36(43)25-16-15-24-27(32(25)37(39)44)19-28-35(42)26(21-11-7-5-8-12-21)20-31(41)38(28,22-13-9-6-10-14-22)34(24)33-29(45-2)17-23(40)18-30(33)46-3/h5-15,17-18,20,25,27-28,32,34,40H,4,16,19H2,1-3H3/t25-,27+,28-,32-,34+,38-/m0/s1. The number of ether oxygens (including phenoxy) is 2. The Kier molecular flexibility index (Phi) is 7.18. The van der Waals surface area contributed by atoms with E-state index in [-0.39, 0.29) is 42.1 Å². The molecule has 1 aliphatic heterocycles. The van der Waals surface area contributed by atoms with Crippen LogP contribution in [0, 0.1) is 23.7 Å². The third-order valence-corrected chi connectivity index (χ3v) is 10.6. The van der Waals surface area contributed by atoms with Crippen LogP contribution in [0.4, 0.5) is 0 Å². The second kappa shape index (κ2) is 11.1. The average molecular weight is 618 g/mol. The van der Waals surface area contributed by atoms with Crippen LogP contribution in [0.2, 0.25) is 0 Å². The zero-order valence-electron chi connectivity index (χ0n) is 25.9. The van der Waals surface area contributed by atoms with Crippen LogP contribution in [0.15, 0.2) is 90.5 Å². The van der Waals surface area contributed by atoms with Crippen molar-refractivity contribution >= 4 is 29.0 Å². The van der Waals surface area contributed by atoms with E-state index in [0.717, 1.165) is 5.57 Å². The van der Waals surface area contributed by atoms with Crippen LogP contribution in [0.25, 0.3) is 5.57 Å². The molecule has 3 aliphatic carbocycles. The first-order valence-corrected chi connectivity index (χ1v) is 15.7. The number of phenols is 1. The SMILES string of the molecule is CCN1C(=O)[C@H]2[C@H](CC=C3[C@H]2C[C@H]2C(=O)C(c4ccccc4)=CC(=O)[C@@]2(c2ccccc2)[C@H]3c2c(OC)cc(O)cc2OC)C1=O. The highest BCUT2D eigenvalue weighted by Gasteiger charge is 2.66. The van der Waals surface area contributed by atoms with E-state index in [4.69, 9.17) is 9.47 Å². The first-order chi connectivity index (χ1) is 22.3. The fraction of sp³-hybridized carbons (Fsp3) is 0.316. The molecule has 1 heterocycles. The molecule has 6 atom stereocenters. The van der Waals surface area contributed by atoms with E-state index in [2.05, 4.69) is 0 Å². The summed E-state index contributed by atoms with van der Waals surface area (Å²) >= 11 is 0. The first kappa shape index (κ1) is 29.7. The summed E-state index contributed by atoms with van der Waals surface area (Å²) in [6.45, 7) is 2.06. The zero-order chi connectivity index (χ0) is 32.3. The number of hydrogen-bond acceptors (Lipinski definition) is 7. The van der Waals surface area contributed by atoms with Crippen molar-refractivity contribution in [2.75, 3.05) is 20.8 Å². The number of allylic oxidation sites excluding steroid dienone is 4. The smallest absolute Gasteiger partial charge is 0.233 e. The van der Waals surface area contributed by atoms with Crippen molar-refractivity contribution < 1.29 is 33.8 Å². The third kappa shape index (κ3) is 4.05. The summed E-state index contributed by atoms with van der Waals surface area (Å²) in [5.41, 5.74) is 1.52. The van der Waals surface area contributed by atoms with Gasteiger partial charge in [-0.2, -0.15) is 0 Å². The number of fused-ring (bicyclic) bond motifs is 4. The highest BCUT2D eigenvalue weighted by Crippen LogP contribution is 2.65. The Bertz CT molecular complexity index is 1800. The monoisotopic (exact) mass is 617 g/mol. The molecule has 8 nitrogen and oxygen atoms in total. The number of Topliss-reactive ketones (excluding diaryl/α,β-unsaturated/α-hetero) is 1. The molecule has 0 bridgehead atoms. The fourth-order valence-electron chi connectivity index (χ4n) is 8.77. The van der Waals surface area contributed by atoms with Crippen LogP contribution in [0.5, 0.6) is 17.2 Å². The van der Waals surface area contributed by atoms with Crippen LogP contribution < -0.4 is 9.47 Å². The highest BCUT2D eigenvalue weighted by atomic mass is 16.5. The van der Waals surface area contributed by atoms with Crippen LogP contribution in [-0.2, 0) is 24.6 Å². The molecule has 2 amide bonds.